The maximum absolute atomic E-state index is 11.1. The molecule has 0 aliphatic rings. The third-order valence-corrected chi connectivity index (χ3v) is 2.75. The van der Waals surface area contributed by atoms with Crippen LogP contribution in [0.3, 0.4) is 0 Å². The molecule has 2 aromatic rings. The first-order valence-corrected chi connectivity index (χ1v) is 5.67. The first-order valence-electron chi connectivity index (χ1n) is 5.14. The van der Waals surface area contributed by atoms with Crippen molar-refractivity contribution in [2.75, 3.05) is 5.88 Å². The Bertz CT molecular complexity index is 646. The summed E-state index contributed by atoms with van der Waals surface area (Å²) in [4.78, 5) is 24.3. The molecule has 2 rings (SSSR count). The van der Waals surface area contributed by atoms with Gasteiger partial charge in [0, 0.05) is 34.8 Å². The quantitative estimate of drug-likeness (QED) is 0.399. The van der Waals surface area contributed by atoms with Crippen LogP contribution in [0.4, 0.5) is 5.69 Å². The van der Waals surface area contributed by atoms with Crippen LogP contribution in [0, 0.1) is 10.1 Å². The van der Waals surface area contributed by atoms with Gasteiger partial charge in [-0.15, -0.1) is 11.6 Å². The van der Waals surface area contributed by atoms with Gasteiger partial charge in [-0.25, -0.2) is 0 Å². The van der Waals surface area contributed by atoms with E-state index in [4.69, 9.17) is 11.6 Å². The number of nitro benzene ring substituents is 1. The van der Waals surface area contributed by atoms with Crippen LogP contribution >= 0.6 is 11.6 Å². The van der Waals surface area contributed by atoms with Crippen molar-refractivity contribution < 1.29 is 9.72 Å². The lowest BCUT2D eigenvalue weighted by Gasteiger charge is -1.93. The van der Waals surface area contributed by atoms with Gasteiger partial charge in [0.05, 0.1) is 10.8 Å². The molecule has 0 fully saturated rings. The highest BCUT2D eigenvalue weighted by atomic mass is 35.5. The van der Waals surface area contributed by atoms with Crippen molar-refractivity contribution in [3.63, 3.8) is 0 Å². The lowest BCUT2D eigenvalue weighted by molar-refractivity contribution is -0.384. The van der Waals surface area contributed by atoms with Crippen molar-refractivity contribution in [1.29, 1.82) is 0 Å². The Hall–Kier alpha value is -2.14. The number of hydrogen-bond acceptors (Lipinski definition) is 3. The molecular weight excluding hydrogens is 256 g/mol. The van der Waals surface area contributed by atoms with Crippen molar-refractivity contribution >= 4 is 40.1 Å². The van der Waals surface area contributed by atoms with Crippen LogP contribution in [-0.4, -0.2) is 21.6 Å². The molecule has 0 aliphatic carbocycles. The van der Waals surface area contributed by atoms with Crippen LogP contribution in [-0.2, 0) is 4.79 Å². The lowest BCUT2D eigenvalue weighted by atomic mass is 10.1. The number of fused-ring (bicyclic) bond motifs is 1. The first kappa shape index (κ1) is 12.3. The maximum atomic E-state index is 11.1. The summed E-state index contributed by atoms with van der Waals surface area (Å²) in [5.41, 5.74) is 1.51. The molecule has 0 saturated heterocycles. The Kier molecular flexibility index (Phi) is 3.43. The minimum Gasteiger partial charge on any atom is -0.361 e. The normalized spacial score (nSPS) is 11.2. The van der Waals surface area contributed by atoms with E-state index in [1.165, 1.54) is 18.2 Å². The molecule has 0 radical (unpaired) electrons. The van der Waals surface area contributed by atoms with Gasteiger partial charge in [-0.05, 0) is 18.2 Å². The molecule has 0 aliphatic heterocycles. The largest absolute Gasteiger partial charge is 0.361 e. The molecule has 92 valence electrons. The second-order valence-electron chi connectivity index (χ2n) is 3.66. The molecule has 5 nitrogen and oxygen atoms in total. The number of benzene rings is 1. The highest BCUT2D eigenvalue weighted by molar-refractivity contribution is 6.29. The molecular formula is C12H9ClN2O3. The molecule has 0 saturated carbocycles. The lowest BCUT2D eigenvalue weighted by Crippen LogP contribution is -1.91. The third-order valence-electron chi connectivity index (χ3n) is 2.49. The number of aromatic amines is 1. The van der Waals surface area contributed by atoms with E-state index in [9.17, 15) is 14.9 Å². The van der Waals surface area contributed by atoms with E-state index in [0.717, 1.165) is 5.52 Å². The topological polar surface area (TPSA) is 76.0 Å². The number of alkyl halides is 1. The number of nitrogens with zero attached hydrogens (tertiary/aromatic N) is 1. The Balaban J connectivity index is 2.45. The van der Waals surface area contributed by atoms with Gasteiger partial charge < -0.3 is 4.98 Å². The maximum Gasteiger partial charge on any atom is 0.270 e. The predicted molar refractivity (Wildman–Crippen MR) is 69.7 cm³/mol. The van der Waals surface area contributed by atoms with Crippen LogP contribution in [0.2, 0.25) is 0 Å². The van der Waals surface area contributed by atoms with Crippen LogP contribution < -0.4 is 0 Å². The van der Waals surface area contributed by atoms with Crippen molar-refractivity contribution in [3.8, 4) is 0 Å². The van der Waals surface area contributed by atoms with Crippen molar-refractivity contribution in [2.45, 2.75) is 0 Å². The molecule has 0 spiro atoms. The number of nitro groups is 1. The molecule has 1 aromatic carbocycles. The molecule has 0 atom stereocenters. The second-order valence-corrected chi connectivity index (χ2v) is 3.93. The highest BCUT2D eigenvalue weighted by Crippen LogP contribution is 2.24. The number of ketones is 1. The zero-order chi connectivity index (χ0) is 13.1. The van der Waals surface area contributed by atoms with Crippen molar-refractivity contribution in [2.24, 2.45) is 0 Å². The molecule has 0 amide bonds. The standard InChI is InChI=1S/C12H9ClN2O3/c13-6-10(16)3-1-8-7-14-12-4-2-9(15(17)18)5-11(8)12/h1-5,7,14H,6H2. The van der Waals surface area contributed by atoms with E-state index in [1.54, 1.807) is 18.3 Å². The number of allylic oxidation sites excluding steroid dienone is 1. The smallest absolute Gasteiger partial charge is 0.270 e. The van der Waals surface area contributed by atoms with Gasteiger partial charge in [0.1, 0.15) is 0 Å². The summed E-state index contributed by atoms with van der Waals surface area (Å²) in [6, 6.07) is 4.53. The fourth-order valence-electron chi connectivity index (χ4n) is 1.61. The van der Waals surface area contributed by atoms with Crippen molar-refractivity contribution in [1.82, 2.24) is 4.98 Å². The number of carbonyl (C=O) groups excluding carboxylic acids is 1. The molecule has 1 heterocycles. The van der Waals surface area contributed by atoms with Crippen LogP contribution in [0.15, 0.2) is 30.5 Å². The first-order chi connectivity index (χ1) is 8.61. The summed E-state index contributed by atoms with van der Waals surface area (Å²) < 4.78 is 0. The van der Waals surface area contributed by atoms with Crippen LogP contribution in [0.1, 0.15) is 5.56 Å². The SMILES string of the molecule is O=C(C=Cc1c[nH]c2ccc([N+](=O)[O-])cc12)CCl. The van der Waals surface area contributed by atoms with E-state index in [0.29, 0.717) is 10.9 Å². The van der Waals surface area contributed by atoms with E-state index in [1.807, 2.05) is 0 Å². The Morgan fingerprint density at radius 1 is 1.50 bits per heavy atom. The molecule has 1 aromatic heterocycles. The van der Waals surface area contributed by atoms with E-state index < -0.39 is 4.92 Å². The van der Waals surface area contributed by atoms with Gasteiger partial charge in [-0.2, -0.15) is 0 Å². The number of H-pyrrole nitrogens is 1. The van der Waals surface area contributed by atoms with E-state index >= 15 is 0 Å². The minimum absolute atomic E-state index is 0.0143. The number of nitrogens with one attached hydrogen (secondary N) is 1. The highest BCUT2D eigenvalue weighted by Gasteiger charge is 2.09. The Morgan fingerprint density at radius 2 is 2.28 bits per heavy atom. The Labute approximate surface area is 107 Å². The number of hydrogen-bond donors (Lipinski definition) is 1. The molecule has 0 bridgehead atoms. The third kappa shape index (κ3) is 2.41. The van der Waals surface area contributed by atoms with Gasteiger partial charge in [-0.1, -0.05) is 0 Å². The summed E-state index contributed by atoms with van der Waals surface area (Å²) in [7, 11) is 0. The average molecular weight is 265 g/mol. The molecule has 6 heteroatoms. The predicted octanol–water partition coefficient (Wildman–Crippen LogP) is 2.90. The fourth-order valence-corrected chi connectivity index (χ4v) is 1.70. The average Bonchev–Trinajstić information content (AvgIpc) is 2.78. The minimum atomic E-state index is -0.455. The van der Waals surface area contributed by atoms with Gasteiger partial charge in [0.15, 0.2) is 5.78 Å². The zero-order valence-electron chi connectivity index (χ0n) is 9.22. The summed E-state index contributed by atoms with van der Waals surface area (Å²) in [5, 5.41) is 11.4. The zero-order valence-corrected chi connectivity index (χ0v) is 9.98. The molecule has 18 heavy (non-hydrogen) atoms. The van der Waals surface area contributed by atoms with E-state index in [2.05, 4.69) is 4.98 Å². The van der Waals surface area contributed by atoms with Crippen LogP contribution in [0.25, 0.3) is 17.0 Å². The summed E-state index contributed by atoms with van der Waals surface area (Å²) >= 11 is 5.38. The van der Waals surface area contributed by atoms with Crippen LogP contribution in [0.5, 0.6) is 0 Å². The number of non-ortho nitro benzene ring substituents is 1. The van der Waals surface area contributed by atoms with Gasteiger partial charge in [0.25, 0.3) is 5.69 Å². The van der Waals surface area contributed by atoms with Crippen molar-refractivity contribution in [3.05, 3.63) is 46.1 Å². The number of halogens is 1. The number of rotatable bonds is 4. The van der Waals surface area contributed by atoms with Gasteiger partial charge in [0.2, 0.25) is 0 Å². The Morgan fingerprint density at radius 3 is 2.94 bits per heavy atom. The second kappa shape index (κ2) is 5.01. The number of carbonyl (C=O) groups is 1. The summed E-state index contributed by atoms with van der Waals surface area (Å²) in [6.07, 6.45) is 4.63. The van der Waals surface area contributed by atoms with Gasteiger partial charge >= 0.3 is 0 Å². The number of aromatic nitrogens is 1. The molecule has 0 unspecified atom stereocenters. The monoisotopic (exact) mass is 264 g/mol. The summed E-state index contributed by atoms with van der Waals surface area (Å²) in [5.74, 6) is -0.296. The summed E-state index contributed by atoms with van der Waals surface area (Å²) in [6.45, 7) is 0. The fraction of sp³-hybridized carbons (Fsp3) is 0.0833. The van der Waals surface area contributed by atoms with E-state index in [-0.39, 0.29) is 17.4 Å². The van der Waals surface area contributed by atoms with Gasteiger partial charge in [-0.3, -0.25) is 14.9 Å². The molecule has 1 N–H and O–H groups in total.